The number of aromatic amines is 1. The number of ether oxygens (including phenoxy) is 1. The highest BCUT2D eigenvalue weighted by molar-refractivity contribution is 5.84. The van der Waals surface area contributed by atoms with Gasteiger partial charge in [-0.05, 0) is 49.1 Å². The number of hydrogen-bond donors (Lipinski definition) is 1. The predicted molar refractivity (Wildman–Crippen MR) is 106 cm³/mol. The number of aryl methyl sites for hydroxylation is 1. The Morgan fingerprint density at radius 1 is 1.21 bits per heavy atom. The van der Waals surface area contributed by atoms with Crippen LogP contribution in [0.3, 0.4) is 0 Å². The van der Waals surface area contributed by atoms with Gasteiger partial charge in [0.25, 0.3) is 5.56 Å². The van der Waals surface area contributed by atoms with Crippen LogP contribution in [-0.4, -0.2) is 32.6 Å². The molecule has 0 amide bonds. The third-order valence-electron chi connectivity index (χ3n) is 4.65. The second-order valence-corrected chi connectivity index (χ2v) is 6.77. The first kappa shape index (κ1) is 18.8. The van der Waals surface area contributed by atoms with Crippen molar-refractivity contribution in [3.05, 3.63) is 64.3 Å². The number of nitrogens with one attached hydrogen (secondary N) is 1. The number of pyridine rings is 1. The Hall–Kier alpha value is -3.57. The van der Waals surface area contributed by atoms with Crippen molar-refractivity contribution in [2.75, 3.05) is 13.2 Å². The average Bonchev–Trinajstić information content (AvgIpc) is 3.39. The highest BCUT2D eigenvalue weighted by Crippen LogP contribution is 2.26. The van der Waals surface area contributed by atoms with Crippen LogP contribution in [-0.2, 0) is 4.74 Å². The van der Waals surface area contributed by atoms with Gasteiger partial charge in [0.1, 0.15) is 17.3 Å². The standard InChI is InChI=1S/C17H10FN5O.C4H8O/c1-9-6-23-7-12(2-11(5-19)16(23)22-9)10-3-13(18)15-14(4-10)20-8-21-17(15)24;1-2-4-5-3-1/h2-4,6-8H,1H3,(H,20,21,24);1-4H2. The lowest BCUT2D eigenvalue weighted by atomic mass is 10.0. The molecule has 146 valence electrons. The summed E-state index contributed by atoms with van der Waals surface area (Å²) < 4.78 is 21.0. The monoisotopic (exact) mass is 391 g/mol. The lowest BCUT2D eigenvalue weighted by Gasteiger charge is -2.06. The minimum absolute atomic E-state index is 0.0821. The number of imidazole rings is 1. The van der Waals surface area contributed by atoms with Crippen LogP contribution in [0, 0.1) is 24.1 Å². The van der Waals surface area contributed by atoms with Crippen LogP contribution in [0.15, 0.2) is 41.7 Å². The van der Waals surface area contributed by atoms with E-state index in [9.17, 15) is 14.4 Å². The zero-order chi connectivity index (χ0) is 20.4. The Kier molecular flexibility index (Phi) is 5.06. The van der Waals surface area contributed by atoms with E-state index in [0.29, 0.717) is 22.3 Å². The zero-order valence-corrected chi connectivity index (χ0v) is 15.8. The Labute approximate surface area is 165 Å². The van der Waals surface area contributed by atoms with Crippen LogP contribution in [0.5, 0.6) is 0 Å². The van der Waals surface area contributed by atoms with Crippen molar-refractivity contribution in [1.29, 1.82) is 5.26 Å². The van der Waals surface area contributed by atoms with E-state index >= 15 is 0 Å². The smallest absolute Gasteiger partial charge is 0.261 e. The third kappa shape index (κ3) is 3.73. The summed E-state index contributed by atoms with van der Waals surface area (Å²) in [7, 11) is 0. The van der Waals surface area contributed by atoms with E-state index in [-0.39, 0.29) is 10.9 Å². The van der Waals surface area contributed by atoms with Gasteiger partial charge in [0.2, 0.25) is 0 Å². The number of nitrogens with zero attached hydrogens (tertiary/aromatic N) is 4. The van der Waals surface area contributed by atoms with Crippen LogP contribution >= 0.6 is 0 Å². The molecule has 0 aliphatic carbocycles. The van der Waals surface area contributed by atoms with E-state index in [1.165, 1.54) is 25.2 Å². The van der Waals surface area contributed by atoms with Gasteiger partial charge in [0.05, 0.1) is 23.1 Å². The summed E-state index contributed by atoms with van der Waals surface area (Å²) >= 11 is 0. The molecule has 0 spiro atoms. The van der Waals surface area contributed by atoms with Crippen LogP contribution < -0.4 is 5.56 Å². The first-order chi connectivity index (χ1) is 14.1. The van der Waals surface area contributed by atoms with Crippen LogP contribution in [0.25, 0.3) is 27.7 Å². The summed E-state index contributed by atoms with van der Waals surface area (Å²) in [5.74, 6) is -0.655. The van der Waals surface area contributed by atoms with Gasteiger partial charge in [-0.3, -0.25) is 4.79 Å². The number of fused-ring (bicyclic) bond motifs is 2. The minimum Gasteiger partial charge on any atom is -0.381 e. The molecule has 0 bridgehead atoms. The molecule has 1 fully saturated rings. The third-order valence-corrected chi connectivity index (χ3v) is 4.65. The van der Waals surface area contributed by atoms with Crippen molar-refractivity contribution < 1.29 is 9.13 Å². The number of rotatable bonds is 1. The molecule has 0 atom stereocenters. The highest BCUT2D eigenvalue weighted by Gasteiger charge is 2.13. The molecule has 7 nitrogen and oxygen atoms in total. The first-order valence-electron chi connectivity index (χ1n) is 9.21. The van der Waals surface area contributed by atoms with E-state index in [1.54, 1.807) is 28.9 Å². The molecule has 1 saturated heterocycles. The number of nitriles is 1. The van der Waals surface area contributed by atoms with Gasteiger partial charge in [-0.1, -0.05) is 0 Å². The molecule has 3 aromatic heterocycles. The number of halogens is 1. The topological polar surface area (TPSA) is 96.1 Å². The normalized spacial score (nSPS) is 13.3. The molecule has 4 aromatic rings. The van der Waals surface area contributed by atoms with Crippen molar-refractivity contribution in [3.63, 3.8) is 0 Å². The van der Waals surface area contributed by atoms with Gasteiger partial charge in [0, 0.05) is 25.6 Å². The number of H-pyrrole nitrogens is 1. The molecule has 8 heteroatoms. The van der Waals surface area contributed by atoms with E-state index in [2.05, 4.69) is 21.0 Å². The fourth-order valence-electron chi connectivity index (χ4n) is 3.29. The lowest BCUT2D eigenvalue weighted by Crippen LogP contribution is -2.08. The molecule has 0 saturated carbocycles. The maximum Gasteiger partial charge on any atom is 0.261 e. The molecule has 1 aliphatic rings. The summed E-state index contributed by atoms with van der Waals surface area (Å²) in [4.78, 5) is 22.4. The van der Waals surface area contributed by atoms with Crippen molar-refractivity contribution in [2.24, 2.45) is 0 Å². The van der Waals surface area contributed by atoms with Crippen molar-refractivity contribution in [1.82, 2.24) is 19.4 Å². The summed E-state index contributed by atoms with van der Waals surface area (Å²) in [5.41, 5.74) is 2.62. The van der Waals surface area contributed by atoms with Gasteiger partial charge >= 0.3 is 0 Å². The van der Waals surface area contributed by atoms with Crippen molar-refractivity contribution in [3.8, 4) is 17.2 Å². The molecular formula is C21H18FN5O2. The molecule has 4 heterocycles. The van der Waals surface area contributed by atoms with E-state index in [1.807, 2.05) is 6.92 Å². The molecule has 1 N–H and O–H groups in total. The molecule has 1 aromatic carbocycles. The molecule has 0 unspecified atom stereocenters. The van der Waals surface area contributed by atoms with Gasteiger partial charge in [-0.2, -0.15) is 5.26 Å². The summed E-state index contributed by atoms with van der Waals surface area (Å²) in [5, 5.41) is 9.26. The molecule has 0 radical (unpaired) electrons. The van der Waals surface area contributed by atoms with E-state index in [0.717, 1.165) is 18.9 Å². The number of aromatic nitrogens is 4. The molecular weight excluding hydrogens is 373 g/mol. The zero-order valence-electron chi connectivity index (χ0n) is 15.8. The largest absolute Gasteiger partial charge is 0.381 e. The Bertz CT molecular complexity index is 1290. The minimum atomic E-state index is -0.655. The molecule has 5 rings (SSSR count). The van der Waals surface area contributed by atoms with Gasteiger partial charge in [-0.25, -0.2) is 14.4 Å². The second kappa shape index (κ2) is 7.81. The summed E-state index contributed by atoms with van der Waals surface area (Å²) in [6, 6.07) is 6.65. The fraction of sp³-hybridized carbons (Fsp3) is 0.238. The van der Waals surface area contributed by atoms with Gasteiger partial charge < -0.3 is 14.1 Å². The first-order valence-corrected chi connectivity index (χ1v) is 9.21. The quantitative estimate of drug-likeness (QED) is 0.537. The Morgan fingerprint density at radius 3 is 2.69 bits per heavy atom. The Morgan fingerprint density at radius 2 is 2.00 bits per heavy atom. The number of benzene rings is 1. The summed E-state index contributed by atoms with van der Waals surface area (Å²) in [6.07, 6.45) is 7.35. The molecule has 29 heavy (non-hydrogen) atoms. The molecule has 1 aliphatic heterocycles. The Balaban J connectivity index is 0.000000359. The van der Waals surface area contributed by atoms with Crippen LogP contribution in [0.1, 0.15) is 24.1 Å². The predicted octanol–water partition coefficient (Wildman–Crippen LogP) is 3.35. The van der Waals surface area contributed by atoms with Crippen LogP contribution in [0.4, 0.5) is 4.39 Å². The van der Waals surface area contributed by atoms with E-state index in [4.69, 9.17) is 4.74 Å². The van der Waals surface area contributed by atoms with Crippen molar-refractivity contribution in [2.45, 2.75) is 19.8 Å². The maximum absolute atomic E-state index is 14.3. The second-order valence-electron chi connectivity index (χ2n) is 6.77. The SMILES string of the molecule is C1CCOC1.Cc1cn2cc(-c3cc(F)c4c(=O)[nH]cnc4c3)cc(C#N)c2n1. The van der Waals surface area contributed by atoms with Gasteiger partial charge in [-0.15, -0.1) is 0 Å². The summed E-state index contributed by atoms with van der Waals surface area (Å²) in [6.45, 7) is 3.83. The number of hydrogen-bond acceptors (Lipinski definition) is 5. The van der Waals surface area contributed by atoms with Gasteiger partial charge in [0.15, 0.2) is 5.65 Å². The lowest BCUT2D eigenvalue weighted by molar-refractivity contribution is 0.198. The van der Waals surface area contributed by atoms with E-state index < -0.39 is 11.4 Å². The highest BCUT2D eigenvalue weighted by atomic mass is 19.1. The maximum atomic E-state index is 14.3. The fourth-order valence-corrected chi connectivity index (χ4v) is 3.29. The van der Waals surface area contributed by atoms with Crippen LogP contribution in [0.2, 0.25) is 0 Å². The average molecular weight is 391 g/mol. The van der Waals surface area contributed by atoms with Crippen molar-refractivity contribution >= 4 is 16.6 Å².